The molecule has 0 fully saturated rings. The minimum atomic E-state index is -5.01. The summed E-state index contributed by atoms with van der Waals surface area (Å²) < 4.78 is 94.4. The Morgan fingerprint density at radius 2 is 1.65 bits per heavy atom. The number of aromatic nitrogens is 4. The van der Waals surface area contributed by atoms with Gasteiger partial charge in [-0.15, -0.1) is 0 Å². The zero-order chi connectivity index (χ0) is 30.7. The van der Waals surface area contributed by atoms with Crippen molar-refractivity contribution in [2.75, 3.05) is 17.7 Å². The van der Waals surface area contributed by atoms with Crippen molar-refractivity contribution in [1.82, 2.24) is 19.7 Å². The van der Waals surface area contributed by atoms with E-state index in [0.29, 0.717) is 16.6 Å². The molecule has 0 aliphatic heterocycles. The molecule has 0 saturated carbocycles. The molecule has 2 heterocycles. The molecule has 9 nitrogen and oxygen atoms in total. The van der Waals surface area contributed by atoms with Crippen molar-refractivity contribution in [3.05, 3.63) is 108 Å². The van der Waals surface area contributed by atoms with E-state index in [9.17, 15) is 31.1 Å². The van der Waals surface area contributed by atoms with Gasteiger partial charge in [-0.3, -0.25) is 4.79 Å². The van der Waals surface area contributed by atoms with Crippen molar-refractivity contribution >= 4 is 23.2 Å². The number of alkyl halides is 3. The van der Waals surface area contributed by atoms with Gasteiger partial charge in [-0.05, 0) is 48.5 Å². The van der Waals surface area contributed by atoms with Gasteiger partial charge < -0.3 is 20.1 Å². The smallest absolute Gasteiger partial charge is 0.434 e. The van der Waals surface area contributed by atoms with E-state index in [1.165, 1.54) is 37.6 Å². The Balaban J connectivity index is 1.32. The summed E-state index contributed by atoms with van der Waals surface area (Å²) in [6, 6.07) is 12.3. The third-order valence-electron chi connectivity index (χ3n) is 5.80. The van der Waals surface area contributed by atoms with Gasteiger partial charge in [-0.25, -0.2) is 22.8 Å². The van der Waals surface area contributed by atoms with Gasteiger partial charge in [0.15, 0.2) is 17.3 Å². The van der Waals surface area contributed by atoms with Crippen LogP contribution in [0.25, 0.3) is 5.69 Å². The number of ether oxygens (including phenoxy) is 2. The summed E-state index contributed by atoms with van der Waals surface area (Å²) in [6.45, 7) is 0. The molecule has 1 amide bonds. The van der Waals surface area contributed by atoms with Gasteiger partial charge in [-0.2, -0.15) is 23.3 Å². The van der Waals surface area contributed by atoms with Crippen LogP contribution >= 0.6 is 0 Å². The number of hydrogen-bond acceptors (Lipinski definition) is 7. The van der Waals surface area contributed by atoms with Crippen LogP contribution < -0.4 is 20.1 Å². The van der Waals surface area contributed by atoms with Gasteiger partial charge in [0.05, 0.1) is 30.2 Å². The Kier molecular flexibility index (Phi) is 7.88. The first-order valence-corrected chi connectivity index (χ1v) is 12.2. The lowest BCUT2D eigenvalue weighted by Crippen LogP contribution is -2.20. The molecule has 5 aromatic rings. The van der Waals surface area contributed by atoms with Crippen LogP contribution in [0.4, 0.5) is 43.7 Å². The van der Waals surface area contributed by atoms with Gasteiger partial charge in [-0.1, -0.05) is 0 Å². The molecule has 0 atom stereocenters. The number of carbonyl (C=O) groups excluding carboxylic acids is 1. The molecule has 3 aromatic carbocycles. The van der Waals surface area contributed by atoms with Gasteiger partial charge >= 0.3 is 6.18 Å². The molecule has 0 unspecified atom stereocenters. The van der Waals surface area contributed by atoms with Gasteiger partial charge in [0.1, 0.15) is 17.4 Å². The average molecular weight is 600 g/mol. The summed E-state index contributed by atoms with van der Waals surface area (Å²) in [5.41, 5.74) is -2.19. The Morgan fingerprint density at radius 3 is 2.35 bits per heavy atom. The van der Waals surface area contributed by atoms with E-state index in [2.05, 4.69) is 25.7 Å². The van der Waals surface area contributed by atoms with Crippen LogP contribution in [-0.4, -0.2) is 32.8 Å². The minimum absolute atomic E-state index is 0.0216. The van der Waals surface area contributed by atoms with E-state index in [0.717, 1.165) is 42.5 Å². The van der Waals surface area contributed by atoms with Crippen molar-refractivity contribution in [2.45, 2.75) is 6.18 Å². The SMILES string of the molecule is COc1cc(F)ccc1Nc1nccc(Oc2ccc(NC(=O)c3cnn(-c4ccc(F)cc4)c3C(F)(F)F)cc2F)n1. The van der Waals surface area contributed by atoms with Crippen LogP contribution in [0, 0.1) is 17.5 Å². The number of anilines is 3. The summed E-state index contributed by atoms with van der Waals surface area (Å²) >= 11 is 0. The highest BCUT2D eigenvalue weighted by Gasteiger charge is 2.40. The summed E-state index contributed by atoms with van der Waals surface area (Å²) in [5, 5.41) is 8.68. The number of amides is 1. The lowest BCUT2D eigenvalue weighted by molar-refractivity contribution is -0.143. The van der Waals surface area contributed by atoms with Crippen LogP contribution in [0.1, 0.15) is 16.1 Å². The average Bonchev–Trinajstić information content (AvgIpc) is 3.43. The van der Waals surface area contributed by atoms with Gasteiger partial charge in [0.25, 0.3) is 5.91 Å². The van der Waals surface area contributed by atoms with Crippen LogP contribution in [0.5, 0.6) is 17.4 Å². The maximum atomic E-state index is 14.9. The predicted molar refractivity (Wildman–Crippen MR) is 141 cm³/mol. The van der Waals surface area contributed by atoms with E-state index in [-0.39, 0.29) is 34.7 Å². The van der Waals surface area contributed by atoms with E-state index in [1.807, 2.05) is 0 Å². The largest absolute Gasteiger partial charge is 0.494 e. The molecule has 0 aliphatic carbocycles. The number of halogens is 6. The number of nitrogens with one attached hydrogen (secondary N) is 2. The summed E-state index contributed by atoms with van der Waals surface area (Å²) in [7, 11) is 1.35. The summed E-state index contributed by atoms with van der Waals surface area (Å²) in [6.07, 6.45) is -2.98. The zero-order valence-electron chi connectivity index (χ0n) is 21.8. The predicted octanol–water partition coefficient (Wildman–Crippen LogP) is 6.90. The van der Waals surface area contributed by atoms with E-state index in [4.69, 9.17) is 9.47 Å². The van der Waals surface area contributed by atoms with Crippen LogP contribution in [0.2, 0.25) is 0 Å². The van der Waals surface area contributed by atoms with Crippen molar-refractivity contribution in [3.8, 4) is 23.1 Å². The lowest BCUT2D eigenvalue weighted by atomic mass is 10.2. The van der Waals surface area contributed by atoms with Crippen molar-refractivity contribution in [1.29, 1.82) is 0 Å². The Bertz CT molecular complexity index is 1790. The summed E-state index contributed by atoms with van der Waals surface area (Å²) in [4.78, 5) is 20.9. The van der Waals surface area contributed by atoms with Crippen molar-refractivity contribution < 1.29 is 40.6 Å². The number of rotatable bonds is 8. The molecule has 0 aliphatic rings. The molecule has 43 heavy (non-hydrogen) atoms. The first-order valence-electron chi connectivity index (χ1n) is 12.2. The van der Waals surface area contributed by atoms with E-state index in [1.54, 1.807) is 0 Å². The quantitative estimate of drug-likeness (QED) is 0.187. The second-order valence-corrected chi connectivity index (χ2v) is 8.68. The highest BCUT2D eigenvalue weighted by Crippen LogP contribution is 2.35. The maximum absolute atomic E-state index is 14.9. The van der Waals surface area contributed by atoms with Crippen LogP contribution in [0.3, 0.4) is 0 Å². The number of methoxy groups -OCH3 is 1. The fourth-order valence-electron chi connectivity index (χ4n) is 3.89. The number of hydrogen-bond donors (Lipinski definition) is 2. The molecule has 0 radical (unpaired) electrons. The molecule has 5 rings (SSSR count). The first-order chi connectivity index (χ1) is 20.5. The third-order valence-corrected chi connectivity index (χ3v) is 5.80. The monoisotopic (exact) mass is 600 g/mol. The normalized spacial score (nSPS) is 11.2. The Morgan fingerprint density at radius 1 is 0.907 bits per heavy atom. The Hall–Kier alpha value is -5.60. The fourth-order valence-corrected chi connectivity index (χ4v) is 3.89. The number of carbonyl (C=O) groups is 1. The minimum Gasteiger partial charge on any atom is -0.494 e. The standard InChI is InChI=1S/C28H18F6N6O3/c1-42-23-12-16(30)4-8-21(23)38-27-35-11-10-24(39-27)43-22-9-5-17(13-20(22)31)37-26(41)19-14-36-40(25(19)28(32,33)34)18-6-2-15(29)3-7-18/h2-14H,1H3,(H,37,41)(H,35,38,39). The molecular weight excluding hydrogens is 582 g/mol. The third kappa shape index (κ3) is 6.50. The molecule has 0 saturated heterocycles. The zero-order valence-corrected chi connectivity index (χ0v) is 21.8. The number of nitrogens with zero attached hydrogens (tertiary/aromatic N) is 4. The summed E-state index contributed by atoms with van der Waals surface area (Å²) in [5.74, 6) is -3.56. The van der Waals surface area contributed by atoms with E-state index >= 15 is 0 Å². The fraction of sp³-hybridized carbons (Fsp3) is 0.0714. The van der Waals surface area contributed by atoms with Crippen molar-refractivity contribution in [3.63, 3.8) is 0 Å². The van der Waals surface area contributed by atoms with Gasteiger partial charge in [0, 0.05) is 30.1 Å². The van der Waals surface area contributed by atoms with Gasteiger partial charge in [0.2, 0.25) is 11.8 Å². The second-order valence-electron chi connectivity index (χ2n) is 8.68. The maximum Gasteiger partial charge on any atom is 0.434 e. The highest BCUT2D eigenvalue weighted by atomic mass is 19.4. The molecule has 220 valence electrons. The topological polar surface area (TPSA) is 103 Å². The van der Waals surface area contributed by atoms with Crippen LogP contribution in [-0.2, 0) is 6.18 Å². The van der Waals surface area contributed by atoms with Crippen molar-refractivity contribution in [2.24, 2.45) is 0 Å². The van der Waals surface area contributed by atoms with E-state index < -0.39 is 40.8 Å². The molecular formula is C28H18F6N6O3. The first kappa shape index (κ1) is 28.9. The Labute approximate surface area is 238 Å². The molecule has 0 spiro atoms. The second kappa shape index (κ2) is 11.7. The number of benzene rings is 3. The molecule has 2 aromatic heterocycles. The van der Waals surface area contributed by atoms with Crippen LogP contribution in [0.15, 0.2) is 79.1 Å². The molecule has 0 bridgehead atoms. The lowest BCUT2D eigenvalue weighted by Gasteiger charge is -2.13. The molecule has 2 N–H and O–H groups in total. The highest BCUT2D eigenvalue weighted by molar-refractivity contribution is 6.05. The molecule has 15 heteroatoms.